The van der Waals surface area contributed by atoms with Gasteiger partial charge in [-0.25, -0.2) is 0 Å². The Bertz CT molecular complexity index is 395. The van der Waals surface area contributed by atoms with Crippen LogP contribution in [0.25, 0.3) is 20.9 Å². The van der Waals surface area contributed by atoms with Crippen molar-refractivity contribution in [3.8, 4) is 0 Å². The van der Waals surface area contributed by atoms with Gasteiger partial charge in [0.15, 0.2) is 5.79 Å². The molecule has 0 aromatic heterocycles. The van der Waals surface area contributed by atoms with Gasteiger partial charge in [0.1, 0.15) is 0 Å². The molecule has 0 amide bonds. The second kappa shape index (κ2) is 6.07. The van der Waals surface area contributed by atoms with E-state index < -0.39 is 36.2 Å². The van der Waals surface area contributed by atoms with Crippen molar-refractivity contribution >= 4 is 0 Å². The lowest BCUT2D eigenvalue weighted by Crippen LogP contribution is -2.58. The predicted molar refractivity (Wildman–Crippen MR) is 63.7 cm³/mol. The Labute approximate surface area is 108 Å². The second-order valence-corrected chi connectivity index (χ2v) is 4.66. The summed E-state index contributed by atoms with van der Waals surface area (Å²) in [7, 11) is 0. The number of nitrogens with zero attached hydrogens (tertiary/aromatic N) is 6. The summed E-state index contributed by atoms with van der Waals surface area (Å²) in [5.41, 5.74) is 17.0. The summed E-state index contributed by atoms with van der Waals surface area (Å²) in [5, 5.41) is 36.1. The van der Waals surface area contributed by atoms with Crippen molar-refractivity contribution in [2.75, 3.05) is 0 Å². The average Bonchev–Trinajstić information content (AvgIpc) is 2.28. The topological polar surface area (TPSA) is 167 Å². The van der Waals surface area contributed by atoms with Gasteiger partial charge >= 0.3 is 0 Å². The Morgan fingerprint density at radius 3 is 2.53 bits per heavy atom. The van der Waals surface area contributed by atoms with Crippen LogP contribution >= 0.6 is 0 Å². The van der Waals surface area contributed by atoms with Gasteiger partial charge in [0.25, 0.3) is 0 Å². The molecule has 10 nitrogen and oxygen atoms in total. The molecule has 0 spiro atoms. The number of aliphatic hydroxyl groups excluding tert-OH is 2. The summed E-state index contributed by atoms with van der Waals surface area (Å²) in [6.07, 6.45) is -3.54. The van der Waals surface area contributed by atoms with E-state index in [4.69, 9.17) is 15.8 Å². The van der Waals surface area contributed by atoms with E-state index in [1.54, 1.807) is 0 Å². The second-order valence-electron chi connectivity index (χ2n) is 4.66. The molecule has 0 aromatic carbocycles. The summed E-state index contributed by atoms with van der Waals surface area (Å²) in [6, 6.07) is -2.16. The van der Waals surface area contributed by atoms with Gasteiger partial charge in [-0.2, -0.15) is 0 Å². The van der Waals surface area contributed by atoms with E-state index in [1.165, 1.54) is 13.8 Å². The first-order chi connectivity index (χ1) is 8.82. The molecule has 0 aliphatic carbocycles. The largest absolute Gasteiger partial charge is 0.393 e. The van der Waals surface area contributed by atoms with Gasteiger partial charge in [-0.05, 0) is 24.9 Å². The van der Waals surface area contributed by atoms with Crippen molar-refractivity contribution in [2.24, 2.45) is 10.2 Å². The van der Waals surface area contributed by atoms with E-state index in [0.29, 0.717) is 0 Å². The minimum Gasteiger partial charge on any atom is -0.393 e. The van der Waals surface area contributed by atoms with E-state index in [9.17, 15) is 15.3 Å². The average molecular weight is 272 g/mol. The highest BCUT2D eigenvalue weighted by Gasteiger charge is 2.46. The molecule has 1 rings (SSSR count). The number of ether oxygens (including phenoxy) is 1. The number of rotatable bonds is 4. The maximum absolute atomic E-state index is 9.88. The zero-order valence-electron chi connectivity index (χ0n) is 10.5. The molecule has 0 radical (unpaired) electrons. The molecule has 0 saturated carbocycles. The molecule has 1 fully saturated rings. The standard InChI is InChI=1S/C9H16N6O4/c1-4(16)6(12-14-10)8-7(13-15-11)5(17)3-9(2,18)19-8/h4-8,16-18H,3H2,1-2H3/t4?,5-,6?,7-,8?,9-/m1/s1. The molecule has 106 valence electrons. The SMILES string of the molecule is CC(O)C(N=[N+]=[N-])C1O[C@@](C)(O)C[C@@H](O)[C@H]1N=[N+]=[N-]. The number of azide groups is 2. The lowest BCUT2D eigenvalue weighted by Gasteiger charge is -2.43. The first kappa shape index (κ1) is 15.5. The van der Waals surface area contributed by atoms with Crippen LogP contribution in [-0.2, 0) is 4.74 Å². The predicted octanol–water partition coefficient (Wildman–Crippen LogP) is 0.583. The number of hydrogen-bond donors (Lipinski definition) is 3. The molecule has 3 unspecified atom stereocenters. The molecule has 10 heteroatoms. The summed E-state index contributed by atoms with van der Waals surface area (Å²) >= 11 is 0. The normalized spacial score (nSPS) is 37.6. The van der Waals surface area contributed by atoms with Crippen molar-refractivity contribution in [3.63, 3.8) is 0 Å². The molecule has 1 aliphatic rings. The Hall–Kier alpha value is -1.54. The first-order valence-electron chi connectivity index (χ1n) is 5.67. The third-order valence-corrected chi connectivity index (χ3v) is 2.91. The van der Waals surface area contributed by atoms with Crippen LogP contribution in [0.15, 0.2) is 10.2 Å². The highest BCUT2D eigenvalue weighted by molar-refractivity contribution is 4.99. The number of aliphatic hydroxyl groups is 3. The maximum Gasteiger partial charge on any atom is 0.165 e. The molecule has 3 N–H and O–H groups in total. The summed E-state index contributed by atoms with van der Waals surface area (Å²) in [5.74, 6) is -1.66. The first-order valence-corrected chi connectivity index (χ1v) is 5.67. The van der Waals surface area contributed by atoms with E-state index in [0.717, 1.165) is 0 Å². The summed E-state index contributed by atoms with van der Waals surface area (Å²) in [4.78, 5) is 5.18. The van der Waals surface area contributed by atoms with Crippen LogP contribution in [0.5, 0.6) is 0 Å². The van der Waals surface area contributed by atoms with Crippen LogP contribution in [0.3, 0.4) is 0 Å². The smallest absolute Gasteiger partial charge is 0.165 e. The third kappa shape index (κ3) is 3.71. The van der Waals surface area contributed by atoms with Gasteiger partial charge in [0, 0.05) is 16.2 Å². The molecular formula is C9H16N6O4. The molecule has 0 bridgehead atoms. The highest BCUT2D eigenvalue weighted by Crippen LogP contribution is 2.32. The van der Waals surface area contributed by atoms with Crippen molar-refractivity contribution in [3.05, 3.63) is 20.9 Å². The lowest BCUT2D eigenvalue weighted by atomic mass is 9.89. The van der Waals surface area contributed by atoms with Crippen LogP contribution in [0.1, 0.15) is 20.3 Å². The Kier molecular flexibility index (Phi) is 4.96. The van der Waals surface area contributed by atoms with Crippen molar-refractivity contribution in [2.45, 2.75) is 56.5 Å². The van der Waals surface area contributed by atoms with Crippen LogP contribution in [0.2, 0.25) is 0 Å². The van der Waals surface area contributed by atoms with Crippen LogP contribution in [-0.4, -0.2) is 51.5 Å². The van der Waals surface area contributed by atoms with Crippen molar-refractivity contribution < 1.29 is 20.1 Å². The van der Waals surface area contributed by atoms with Crippen LogP contribution in [0.4, 0.5) is 0 Å². The fourth-order valence-electron chi connectivity index (χ4n) is 2.11. The molecule has 1 saturated heterocycles. The van der Waals surface area contributed by atoms with Crippen molar-refractivity contribution in [1.29, 1.82) is 0 Å². The molecule has 1 aliphatic heterocycles. The fourth-order valence-corrected chi connectivity index (χ4v) is 2.11. The molecule has 6 atom stereocenters. The van der Waals surface area contributed by atoms with E-state index in [-0.39, 0.29) is 6.42 Å². The molecule has 1 heterocycles. The van der Waals surface area contributed by atoms with E-state index >= 15 is 0 Å². The monoisotopic (exact) mass is 272 g/mol. The highest BCUT2D eigenvalue weighted by atomic mass is 16.6. The Morgan fingerprint density at radius 1 is 1.42 bits per heavy atom. The fraction of sp³-hybridized carbons (Fsp3) is 1.00. The van der Waals surface area contributed by atoms with Crippen LogP contribution in [0, 0.1) is 0 Å². The van der Waals surface area contributed by atoms with E-state index in [2.05, 4.69) is 20.1 Å². The minimum atomic E-state index is -1.66. The van der Waals surface area contributed by atoms with Gasteiger partial charge in [0.2, 0.25) is 0 Å². The van der Waals surface area contributed by atoms with Gasteiger partial charge in [-0.15, -0.1) is 0 Å². The molecular weight excluding hydrogens is 256 g/mol. The maximum atomic E-state index is 9.88. The van der Waals surface area contributed by atoms with Gasteiger partial charge in [0.05, 0.1) is 30.4 Å². The summed E-state index contributed by atoms with van der Waals surface area (Å²) in [6.45, 7) is 2.69. The summed E-state index contributed by atoms with van der Waals surface area (Å²) < 4.78 is 5.29. The van der Waals surface area contributed by atoms with Crippen LogP contribution < -0.4 is 0 Å². The van der Waals surface area contributed by atoms with Gasteiger partial charge in [-0.1, -0.05) is 10.2 Å². The quantitative estimate of drug-likeness (QED) is 0.386. The Morgan fingerprint density at radius 2 is 2.05 bits per heavy atom. The lowest BCUT2D eigenvalue weighted by molar-refractivity contribution is -0.273. The zero-order valence-corrected chi connectivity index (χ0v) is 10.5. The van der Waals surface area contributed by atoms with Crippen molar-refractivity contribution in [1.82, 2.24) is 0 Å². The Balaban J connectivity index is 3.14. The molecule has 0 aromatic rings. The van der Waals surface area contributed by atoms with Gasteiger partial charge < -0.3 is 20.1 Å². The van der Waals surface area contributed by atoms with E-state index in [1.807, 2.05) is 0 Å². The third-order valence-electron chi connectivity index (χ3n) is 2.91. The zero-order chi connectivity index (χ0) is 14.6. The number of hydrogen-bond acceptors (Lipinski definition) is 6. The van der Waals surface area contributed by atoms with Gasteiger partial charge in [-0.3, -0.25) is 0 Å². The minimum absolute atomic E-state index is 0.157. The molecule has 19 heavy (non-hydrogen) atoms.